The third kappa shape index (κ3) is 6.73. The molecule has 1 saturated carbocycles. The van der Waals surface area contributed by atoms with Gasteiger partial charge in [-0.25, -0.2) is 0 Å². The fraction of sp³-hybridized carbons (Fsp3) is 0.571. The van der Waals surface area contributed by atoms with Crippen LogP contribution >= 0.6 is 0 Å². The molecule has 138 valence electrons. The molecule has 1 aliphatic rings. The zero-order chi connectivity index (χ0) is 17.9. The molecule has 1 aromatic rings. The summed E-state index contributed by atoms with van der Waals surface area (Å²) in [5.74, 6) is 0.591. The summed E-state index contributed by atoms with van der Waals surface area (Å²) in [5.41, 5.74) is 1.20. The minimum absolute atomic E-state index is 0.0625. The van der Waals surface area contributed by atoms with E-state index in [1.165, 1.54) is 5.56 Å². The molecule has 0 aromatic heterocycles. The van der Waals surface area contributed by atoms with Crippen molar-refractivity contribution in [3.05, 3.63) is 48.0 Å². The van der Waals surface area contributed by atoms with E-state index >= 15 is 0 Å². The van der Waals surface area contributed by atoms with Gasteiger partial charge in [-0.1, -0.05) is 48.9 Å². The highest BCUT2D eigenvalue weighted by Crippen LogP contribution is 2.35. The van der Waals surface area contributed by atoms with Crippen LogP contribution in [0.4, 0.5) is 0 Å². The molecule has 1 fully saturated rings. The van der Waals surface area contributed by atoms with Crippen LogP contribution in [0.1, 0.15) is 44.1 Å². The lowest BCUT2D eigenvalue weighted by atomic mass is 9.76. The molecule has 2 rings (SSSR count). The number of methoxy groups -OCH3 is 1. The maximum absolute atomic E-state index is 12.4. The molecule has 1 aromatic carbocycles. The number of ether oxygens (including phenoxy) is 3. The molecule has 25 heavy (non-hydrogen) atoms. The Hall–Kier alpha value is -1.49. The summed E-state index contributed by atoms with van der Waals surface area (Å²) in [4.78, 5) is 12.4. The molecule has 3 atom stereocenters. The molecular weight excluding hydrogens is 316 g/mol. The molecule has 0 saturated heterocycles. The van der Waals surface area contributed by atoms with Crippen molar-refractivity contribution < 1.29 is 19.0 Å². The van der Waals surface area contributed by atoms with Gasteiger partial charge in [-0.05, 0) is 25.3 Å². The Labute approximate surface area is 151 Å². The number of allylic oxidation sites excluding steroid dienone is 1. The molecular formula is C21H30O4. The van der Waals surface area contributed by atoms with Gasteiger partial charge in [0.1, 0.15) is 12.6 Å². The quantitative estimate of drug-likeness (QED) is 0.363. The van der Waals surface area contributed by atoms with Crippen LogP contribution in [0.2, 0.25) is 0 Å². The molecule has 0 heterocycles. The second-order valence-electron chi connectivity index (χ2n) is 6.53. The van der Waals surface area contributed by atoms with Crippen LogP contribution in [0.5, 0.6) is 0 Å². The van der Waals surface area contributed by atoms with Crippen LogP contribution in [-0.2, 0) is 19.0 Å². The van der Waals surface area contributed by atoms with Gasteiger partial charge in [-0.15, -0.1) is 0 Å². The number of rotatable bonds is 10. The minimum atomic E-state index is -0.0625. The summed E-state index contributed by atoms with van der Waals surface area (Å²) < 4.78 is 15.9. The van der Waals surface area contributed by atoms with Gasteiger partial charge in [0, 0.05) is 25.4 Å². The number of hydrogen-bond acceptors (Lipinski definition) is 4. The van der Waals surface area contributed by atoms with Gasteiger partial charge in [-0.2, -0.15) is 0 Å². The van der Waals surface area contributed by atoms with Crippen molar-refractivity contribution in [3.8, 4) is 0 Å². The molecule has 0 spiro atoms. The molecule has 0 aliphatic heterocycles. The molecule has 0 bridgehead atoms. The van der Waals surface area contributed by atoms with Crippen LogP contribution in [-0.4, -0.2) is 39.0 Å². The fourth-order valence-electron chi connectivity index (χ4n) is 3.23. The van der Waals surface area contributed by atoms with E-state index in [1.54, 1.807) is 7.11 Å². The Morgan fingerprint density at radius 1 is 1.16 bits per heavy atom. The third-order valence-electron chi connectivity index (χ3n) is 4.66. The summed E-state index contributed by atoms with van der Waals surface area (Å²) in [6.45, 7) is 3.32. The third-order valence-corrected chi connectivity index (χ3v) is 4.66. The SMILES string of the molecule is COCCOCO[C@@H](C)/C=C/[C@@H](c1ccccc1)[C@H]1CCCCC1=O. The van der Waals surface area contributed by atoms with Gasteiger partial charge in [0.2, 0.25) is 0 Å². The van der Waals surface area contributed by atoms with Crippen molar-refractivity contribution in [3.63, 3.8) is 0 Å². The van der Waals surface area contributed by atoms with Crippen molar-refractivity contribution in [2.45, 2.75) is 44.6 Å². The van der Waals surface area contributed by atoms with E-state index in [1.807, 2.05) is 31.2 Å². The summed E-state index contributed by atoms with van der Waals surface area (Å²) in [5, 5.41) is 0. The Kier molecular flexibility index (Phi) is 8.87. The minimum Gasteiger partial charge on any atom is -0.382 e. The molecule has 0 amide bonds. The van der Waals surface area contributed by atoms with Crippen molar-refractivity contribution in [2.24, 2.45) is 5.92 Å². The van der Waals surface area contributed by atoms with Gasteiger partial charge in [0.25, 0.3) is 0 Å². The number of hydrogen-bond donors (Lipinski definition) is 0. The van der Waals surface area contributed by atoms with Crippen molar-refractivity contribution >= 4 is 5.78 Å². The van der Waals surface area contributed by atoms with E-state index in [4.69, 9.17) is 14.2 Å². The van der Waals surface area contributed by atoms with Crippen molar-refractivity contribution in [1.82, 2.24) is 0 Å². The molecule has 4 nitrogen and oxygen atoms in total. The highest BCUT2D eigenvalue weighted by Gasteiger charge is 2.29. The summed E-state index contributed by atoms with van der Waals surface area (Å²) in [6, 6.07) is 10.3. The van der Waals surface area contributed by atoms with E-state index < -0.39 is 0 Å². The molecule has 4 heteroatoms. The predicted molar refractivity (Wildman–Crippen MR) is 98.5 cm³/mol. The van der Waals surface area contributed by atoms with Crippen LogP contribution in [0.15, 0.2) is 42.5 Å². The zero-order valence-electron chi connectivity index (χ0n) is 15.4. The molecule has 0 N–H and O–H groups in total. The van der Waals surface area contributed by atoms with Gasteiger partial charge in [0.05, 0.1) is 19.3 Å². The molecule has 1 aliphatic carbocycles. The average molecular weight is 346 g/mol. The summed E-state index contributed by atoms with van der Waals surface area (Å²) >= 11 is 0. The van der Waals surface area contributed by atoms with Crippen LogP contribution in [0.3, 0.4) is 0 Å². The van der Waals surface area contributed by atoms with Crippen LogP contribution < -0.4 is 0 Å². The number of benzene rings is 1. The lowest BCUT2D eigenvalue weighted by Gasteiger charge is -2.27. The van der Waals surface area contributed by atoms with Crippen molar-refractivity contribution in [1.29, 1.82) is 0 Å². The first-order chi connectivity index (χ1) is 12.2. The summed E-state index contributed by atoms with van der Waals surface area (Å²) in [6.07, 6.45) is 7.96. The second-order valence-corrected chi connectivity index (χ2v) is 6.53. The smallest absolute Gasteiger partial charge is 0.147 e. The first-order valence-electron chi connectivity index (χ1n) is 9.16. The maximum atomic E-state index is 12.4. The highest BCUT2D eigenvalue weighted by molar-refractivity contribution is 5.83. The topological polar surface area (TPSA) is 44.8 Å². The van der Waals surface area contributed by atoms with Crippen molar-refractivity contribution in [2.75, 3.05) is 27.1 Å². The Morgan fingerprint density at radius 3 is 2.68 bits per heavy atom. The number of ketones is 1. The fourth-order valence-corrected chi connectivity index (χ4v) is 3.23. The van der Waals surface area contributed by atoms with E-state index in [2.05, 4.69) is 18.2 Å². The number of Topliss-reactive ketones (excluding diaryl/α,β-unsaturated/α-hetero) is 1. The lowest BCUT2D eigenvalue weighted by molar-refractivity contribution is -0.124. The zero-order valence-corrected chi connectivity index (χ0v) is 15.4. The Balaban J connectivity index is 1.97. The van der Waals surface area contributed by atoms with Gasteiger partial charge >= 0.3 is 0 Å². The average Bonchev–Trinajstić information content (AvgIpc) is 2.64. The Bertz CT molecular complexity index is 526. The first-order valence-corrected chi connectivity index (χ1v) is 9.16. The van der Waals surface area contributed by atoms with Crippen LogP contribution in [0.25, 0.3) is 0 Å². The second kappa shape index (κ2) is 11.2. The number of carbonyl (C=O) groups excluding carboxylic acids is 1. The maximum Gasteiger partial charge on any atom is 0.147 e. The van der Waals surface area contributed by atoms with E-state index in [0.717, 1.165) is 19.3 Å². The number of carbonyl (C=O) groups is 1. The predicted octanol–water partition coefficient (Wildman–Crippen LogP) is 4.11. The van der Waals surface area contributed by atoms with E-state index in [-0.39, 0.29) is 24.7 Å². The molecule has 0 unspecified atom stereocenters. The largest absolute Gasteiger partial charge is 0.382 e. The van der Waals surface area contributed by atoms with Gasteiger partial charge in [-0.3, -0.25) is 4.79 Å². The lowest BCUT2D eigenvalue weighted by Crippen LogP contribution is -2.25. The summed E-state index contributed by atoms with van der Waals surface area (Å²) in [7, 11) is 1.64. The first kappa shape index (κ1) is 19.8. The monoisotopic (exact) mass is 346 g/mol. The van der Waals surface area contributed by atoms with Gasteiger partial charge in [0.15, 0.2) is 0 Å². The van der Waals surface area contributed by atoms with Crippen LogP contribution in [0, 0.1) is 5.92 Å². The normalized spacial score (nSPS) is 20.7. The van der Waals surface area contributed by atoms with E-state index in [0.29, 0.717) is 25.4 Å². The van der Waals surface area contributed by atoms with E-state index in [9.17, 15) is 4.79 Å². The van der Waals surface area contributed by atoms with Gasteiger partial charge < -0.3 is 14.2 Å². The standard InChI is InChI=1S/C21H30O4/c1-17(25-16-24-15-14-23-2)12-13-19(18-8-4-3-5-9-18)20-10-6-7-11-21(20)22/h3-5,8-9,12-13,17,19-20H,6-7,10-11,14-16H2,1-2H3/b13-12+/t17-,19-,20+/m0/s1. The highest BCUT2D eigenvalue weighted by atomic mass is 16.7. The molecule has 0 radical (unpaired) electrons. The Morgan fingerprint density at radius 2 is 1.96 bits per heavy atom.